The second-order valence-corrected chi connectivity index (χ2v) is 16.2. The predicted molar refractivity (Wildman–Crippen MR) is 154 cm³/mol. The largest absolute Gasteiger partial charge is 0.390 e. The third kappa shape index (κ3) is 8.42. The second kappa shape index (κ2) is 13.1. The molecule has 8 unspecified atom stereocenters. The summed E-state index contributed by atoms with van der Waals surface area (Å²) in [5, 5.41) is 66.0. The summed E-state index contributed by atoms with van der Waals surface area (Å²) in [6.45, 7) is 21.1. The van der Waals surface area contributed by atoms with E-state index in [4.69, 9.17) is 23.7 Å². The molecule has 3 fully saturated rings. The van der Waals surface area contributed by atoms with Crippen molar-refractivity contribution in [3.8, 4) is 0 Å². The molecule has 0 aromatic rings. The maximum Gasteiger partial charge on any atom is 0.187 e. The van der Waals surface area contributed by atoms with Crippen molar-refractivity contribution in [3.63, 3.8) is 0 Å². The Bertz CT molecular complexity index is 864. The third-order valence-corrected chi connectivity index (χ3v) is 8.54. The minimum atomic E-state index is -1.48. The Labute approximate surface area is 251 Å². The van der Waals surface area contributed by atoms with Crippen LogP contribution in [0.25, 0.3) is 0 Å². The Balaban J connectivity index is 1.95. The van der Waals surface area contributed by atoms with Crippen LogP contribution < -0.4 is 0 Å². The molecule has 0 aromatic carbocycles. The SMILES string of the molecule is CC1C(O)[C@H](O)C(CC(C)(C)C)O[C@H]1OC1C(O)[C@H](O)C(CC(C)(C)C)O[C@H]1OC1[C@@H](O)[C@@H](O)C(C)O[C@H]1C(C)(C)C. The molecule has 0 aliphatic carbocycles. The van der Waals surface area contributed by atoms with Gasteiger partial charge in [0.25, 0.3) is 0 Å². The van der Waals surface area contributed by atoms with Gasteiger partial charge in [0.05, 0.1) is 30.5 Å². The fourth-order valence-electron chi connectivity index (χ4n) is 6.13. The second-order valence-electron chi connectivity index (χ2n) is 16.2. The highest BCUT2D eigenvalue weighted by molar-refractivity contribution is 4.99. The van der Waals surface area contributed by atoms with Crippen LogP contribution in [0.2, 0.25) is 0 Å². The van der Waals surface area contributed by atoms with Crippen molar-refractivity contribution in [3.05, 3.63) is 0 Å². The van der Waals surface area contributed by atoms with E-state index in [1.165, 1.54) is 0 Å². The van der Waals surface area contributed by atoms with Crippen molar-refractivity contribution in [1.29, 1.82) is 0 Å². The van der Waals surface area contributed by atoms with Crippen LogP contribution in [-0.4, -0.2) is 116 Å². The number of ether oxygens (including phenoxy) is 5. The van der Waals surface area contributed by atoms with Gasteiger partial charge in [-0.3, -0.25) is 0 Å². The first-order chi connectivity index (χ1) is 19.0. The molecule has 42 heavy (non-hydrogen) atoms. The standard InChI is InChI=1S/C31H58O11/c1-14-18(32)20(34)16(12-29(3,4)5)39-27(14)42-25-23(37)21(35)17(13-30(6,7)8)40-28(25)41-24-22(36)19(33)15(2)38-26(24)31(9,10)11/h14-28,32-37H,12-13H2,1-11H3/t14?,15?,16?,17?,18?,19-,20+,21+,22-,23?,24?,25?,26+,27-,28-/m0/s1. The smallest absolute Gasteiger partial charge is 0.187 e. The Morgan fingerprint density at radius 3 is 1.43 bits per heavy atom. The van der Waals surface area contributed by atoms with Gasteiger partial charge in [-0.15, -0.1) is 0 Å². The summed E-state index contributed by atoms with van der Waals surface area (Å²) in [6.07, 6.45) is -14.4. The number of aliphatic hydroxyl groups excluding tert-OH is 6. The third-order valence-electron chi connectivity index (χ3n) is 8.54. The fourth-order valence-corrected chi connectivity index (χ4v) is 6.13. The summed E-state index contributed by atoms with van der Waals surface area (Å²) in [5.41, 5.74) is -0.990. The first-order valence-corrected chi connectivity index (χ1v) is 15.4. The van der Waals surface area contributed by atoms with Gasteiger partial charge in [-0.2, -0.15) is 0 Å². The Hall–Kier alpha value is -0.440. The highest BCUT2D eigenvalue weighted by Crippen LogP contribution is 2.40. The molecule has 6 N–H and O–H groups in total. The maximum atomic E-state index is 11.4. The predicted octanol–water partition coefficient (Wildman–Crippen LogP) is 1.71. The van der Waals surface area contributed by atoms with E-state index in [2.05, 4.69) is 0 Å². The Morgan fingerprint density at radius 2 is 0.952 bits per heavy atom. The average Bonchev–Trinajstić information content (AvgIpc) is 2.83. The maximum absolute atomic E-state index is 11.4. The van der Waals surface area contributed by atoms with Gasteiger partial charge in [0.2, 0.25) is 0 Å². The van der Waals surface area contributed by atoms with Gasteiger partial charge in [-0.25, -0.2) is 0 Å². The van der Waals surface area contributed by atoms with Gasteiger partial charge in [-0.1, -0.05) is 69.2 Å². The topological polar surface area (TPSA) is 168 Å². The van der Waals surface area contributed by atoms with Gasteiger partial charge >= 0.3 is 0 Å². The molecule has 0 spiro atoms. The Kier molecular flexibility index (Phi) is 11.3. The highest BCUT2D eigenvalue weighted by atomic mass is 16.8. The van der Waals surface area contributed by atoms with E-state index in [1.807, 2.05) is 62.3 Å². The van der Waals surface area contributed by atoms with Gasteiger partial charge in [0, 0.05) is 5.92 Å². The molecule has 11 heteroatoms. The van der Waals surface area contributed by atoms with E-state index in [0.29, 0.717) is 12.8 Å². The van der Waals surface area contributed by atoms with E-state index < -0.39 is 97.2 Å². The molecule has 3 aliphatic heterocycles. The summed E-state index contributed by atoms with van der Waals surface area (Å²) in [7, 11) is 0. The molecular weight excluding hydrogens is 548 g/mol. The zero-order valence-electron chi connectivity index (χ0n) is 27.3. The lowest BCUT2D eigenvalue weighted by atomic mass is 9.80. The molecule has 3 heterocycles. The number of hydrogen-bond acceptors (Lipinski definition) is 11. The lowest BCUT2D eigenvalue weighted by molar-refractivity contribution is -0.379. The fraction of sp³-hybridized carbons (Fsp3) is 1.00. The summed E-state index contributed by atoms with van der Waals surface area (Å²) >= 11 is 0. The number of rotatable bonds is 6. The van der Waals surface area contributed by atoms with E-state index >= 15 is 0 Å². The van der Waals surface area contributed by atoms with Crippen LogP contribution in [0.15, 0.2) is 0 Å². The first kappa shape index (κ1) is 36.0. The molecule has 3 rings (SSSR count). The first-order valence-electron chi connectivity index (χ1n) is 15.4. The zero-order valence-corrected chi connectivity index (χ0v) is 27.3. The van der Waals surface area contributed by atoms with Crippen molar-refractivity contribution >= 4 is 0 Å². The van der Waals surface area contributed by atoms with Crippen molar-refractivity contribution in [2.45, 2.75) is 175 Å². The van der Waals surface area contributed by atoms with E-state index in [0.717, 1.165) is 0 Å². The van der Waals surface area contributed by atoms with Crippen LogP contribution in [-0.2, 0) is 23.7 Å². The lowest BCUT2D eigenvalue weighted by Crippen LogP contribution is -2.66. The van der Waals surface area contributed by atoms with Crippen LogP contribution in [0, 0.1) is 22.2 Å². The van der Waals surface area contributed by atoms with Crippen molar-refractivity contribution in [1.82, 2.24) is 0 Å². The molecule has 3 saturated heterocycles. The van der Waals surface area contributed by atoms with Crippen LogP contribution in [0.5, 0.6) is 0 Å². The molecule has 0 amide bonds. The van der Waals surface area contributed by atoms with Gasteiger partial charge < -0.3 is 54.3 Å². The normalized spacial score (nSPS) is 46.1. The lowest BCUT2D eigenvalue weighted by Gasteiger charge is -2.51. The average molecular weight is 607 g/mol. The molecule has 0 aromatic heterocycles. The van der Waals surface area contributed by atoms with E-state index in [-0.39, 0.29) is 10.8 Å². The van der Waals surface area contributed by atoms with E-state index in [1.54, 1.807) is 13.8 Å². The number of aliphatic hydroxyl groups is 6. The van der Waals surface area contributed by atoms with Crippen molar-refractivity contribution < 1.29 is 54.3 Å². The van der Waals surface area contributed by atoms with Gasteiger partial charge in [0.15, 0.2) is 12.6 Å². The molecule has 0 radical (unpaired) electrons. The summed E-state index contributed by atoms with van der Waals surface area (Å²) in [6, 6.07) is 0. The summed E-state index contributed by atoms with van der Waals surface area (Å²) in [5.74, 6) is -0.692. The van der Waals surface area contributed by atoms with Crippen molar-refractivity contribution in [2.75, 3.05) is 0 Å². The van der Waals surface area contributed by atoms with Gasteiger partial charge in [-0.05, 0) is 36.0 Å². The zero-order chi connectivity index (χ0) is 32.1. The molecular formula is C31H58O11. The van der Waals surface area contributed by atoms with Crippen LogP contribution >= 0.6 is 0 Å². The number of hydrogen-bond donors (Lipinski definition) is 6. The molecule has 0 bridgehead atoms. The van der Waals surface area contributed by atoms with Crippen LogP contribution in [0.4, 0.5) is 0 Å². The minimum Gasteiger partial charge on any atom is -0.390 e. The minimum absolute atomic E-state index is 0.219. The van der Waals surface area contributed by atoms with Gasteiger partial charge in [0.1, 0.15) is 42.7 Å². The molecule has 248 valence electrons. The molecule has 15 atom stereocenters. The molecule has 0 saturated carbocycles. The van der Waals surface area contributed by atoms with E-state index in [9.17, 15) is 30.6 Å². The summed E-state index contributed by atoms with van der Waals surface area (Å²) in [4.78, 5) is 0. The quantitative estimate of drug-likeness (QED) is 0.260. The van der Waals surface area contributed by atoms with Crippen LogP contribution in [0.3, 0.4) is 0 Å². The van der Waals surface area contributed by atoms with Crippen molar-refractivity contribution in [2.24, 2.45) is 22.2 Å². The monoisotopic (exact) mass is 606 g/mol. The highest BCUT2D eigenvalue weighted by Gasteiger charge is 2.55. The van der Waals surface area contributed by atoms with Crippen LogP contribution in [0.1, 0.15) is 89.0 Å². The molecule has 11 nitrogen and oxygen atoms in total. The molecule has 3 aliphatic rings. The Morgan fingerprint density at radius 1 is 0.524 bits per heavy atom. The summed E-state index contributed by atoms with van der Waals surface area (Å²) < 4.78 is 31.2.